The third kappa shape index (κ3) is 2.89. The Hall–Kier alpha value is -2.37. The quantitative estimate of drug-likeness (QED) is 0.743. The smallest absolute Gasteiger partial charge is 0.226 e. The van der Waals surface area contributed by atoms with Gasteiger partial charge in [-0.15, -0.1) is 5.10 Å². The molecule has 0 spiro atoms. The molecule has 21 heavy (non-hydrogen) atoms. The van der Waals surface area contributed by atoms with Crippen LogP contribution in [0.15, 0.2) is 30.5 Å². The summed E-state index contributed by atoms with van der Waals surface area (Å²) in [7, 11) is 1.79. The molecule has 0 atom stereocenters. The van der Waals surface area contributed by atoms with Gasteiger partial charge in [-0.3, -0.25) is 4.79 Å². The van der Waals surface area contributed by atoms with E-state index < -0.39 is 0 Å². The van der Waals surface area contributed by atoms with Crippen molar-refractivity contribution in [3.8, 4) is 5.75 Å². The minimum absolute atomic E-state index is 0.102. The van der Waals surface area contributed by atoms with Crippen molar-refractivity contribution in [1.29, 1.82) is 0 Å². The molecule has 1 amide bonds. The van der Waals surface area contributed by atoms with E-state index in [4.69, 9.17) is 4.74 Å². The van der Waals surface area contributed by atoms with Gasteiger partial charge in [-0.1, -0.05) is 17.3 Å². The number of benzene rings is 1. The molecule has 6 nitrogen and oxygen atoms in total. The molecule has 110 valence electrons. The van der Waals surface area contributed by atoms with Crippen molar-refractivity contribution < 1.29 is 9.53 Å². The second-order valence-electron chi connectivity index (χ2n) is 5.11. The Morgan fingerprint density at radius 1 is 1.24 bits per heavy atom. The van der Waals surface area contributed by atoms with E-state index in [1.165, 1.54) is 0 Å². The zero-order valence-corrected chi connectivity index (χ0v) is 12.0. The van der Waals surface area contributed by atoms with Gasteiger partial charge in [0, 0.05) is 20.0 Å². The number of hydrogen-bond acceptors (Lipinski definition) is 4. The third-order valence-electron chi connectivity index (χ3n) is 3.68. The van der Waals surface area contributed by atoms with E-state index in [1.54, 1.807) is 18.1 Å². The first-order valence-electron chi connectivity index (χ1n) is 7.11. The number of anilines is 1. The second-order valence-corrected chi connectivity index (χ2v) is 5.11. The summed E-state index contributed by atoms with van der Waals surface area (Å²) in [6, 6.07) is 7.58. The molecule has 0 unspecified atom stereocenters. The molecule has 0 aliphatic carbocycles. The molecular weight excluding hydrogens is 268 g/mol. The van der Waals surface area contributed by atoms with Gasteiger partial charge in [0.25, 0.3) is 0 Å². The van der Waals surface area contributed by atoms with Crippen LogP contribution in [0.2, 0.25) is 0 Å². The number of carbonyl (C=O) groups excluding carboxylic acids is 1. The summed E-state index contributed by atoms with van der Waals surface area (Å²) in [6.07, 6.45) is 3.99. The zero-order valence-electron chi connectivity index (χ0n) is 12.0. The molecule has 2 aromatic rings. The summed E-state index contributed by atoms with van der Waals surface area (Å²) in [6.45, 7) is 1.16. The Balaban J connectivity index is 1.92. The third-order valence-corrected chi connectivity index (χ3v) is 3.68. The summed E-state index contributed by atoms with van der Waals surface area (Å²) in [5.41, 5.74) is 1.74. The molecule has 2 heterocycles. The maximum absolute atomic E-state index is 12.2. The van der Waals surface area contributed by atoms with Crippen LogP contribution in [0, 0.1) is 0 Å². The van der Waals surface area contributed by atoms with Gasteiger partial charge < -0.3 is 9.64 Å². The van der Waals surface area contributed by atoms with Crippen LogP contribution < -0.4 is 9.64 Å². The summed E-state index contributed by atoms with van der Waals surface area (Å²) in [5, 5.41) is 8.00. The Bertz CT molecular complexity index is 638. The van der Waals surface area contributed by atoms with Gasteiger partial charge in [0.1, 0.15) is 12.4 Å². The van der Waals surface area contributed by atoms with Gasteiger partial charge in [-0.05, 0) is 25.0 Å². The highest BCUT2D eigenvalue weighted by molar-refractivity contribution is 5.94. The average molecular weight is 286 g/mol. The minimum Gasteiger partial charge on any atom is -0.485 e. The fourth-order valence-electron chi connectivity index (χ4n) is 2.43. The first-order chi connectivity index (χ1) is 10.3. The molecule has 0 radical (unpaired) electrons. The summed E-state index contributed by atoms with van der Waals surface area (Å²) < 4.78 is 7.71. The van der Waals surface area contributed by atoms with Gasteiger partial charge >= 0.3 is 0 Å². The summed E-state index contributed by atoms with van der Waals surface area (Å²) in [5.74, 6) is 0.798. The van der Waals surface area contributed by atoms with E-state index in [-0.39, 0.29) is 5.91 Å². The van der Waals surface area contributed by atoms with E-state index in [0.29, 0.717) is 18.8 Å². The molecular formula is C15H18N4O2. The van der Waals surface area contributed by atoms with Crippen LogP contribution in [-0.4, -0.2) is 27.9 Å². The molecule has 1 aliphatic heterocycles. The Kier molecular flexibility index (Phi) is 3.85. The van der Waals surface area contributed by atoms with E-state index in [1.807, 2.05) is 28.9 Å². The van der Waals surface area contributed by atoms with Crippen molar-refractivity contribution in [3.05, 3.63) is 36.2 Å². The molecule has 1 aromatic heterocycles. The first kappa shape index (κ1) is 13.6. The highest BCUT2D eigenvalue weighted by Gasteiger charge is 2.16. The second kappa shape index (κ2) is 5.95. The van der Waals surface area contributed by atoms with Gasteiger partial charge in [0.05, 0.1) is 17.6 Å². The number of para-hydroxylation sites is 2. The number of nitrogens with zero attached hydrogens (tertiary/aromatic N) is 4. The van der Waals surface area contributed by atoms with Crippen LogP contribution >= 0.6 is 0 Å². The molecule has 1 aliphatic rings. The SMILES string of the molecule is CN1C(=O)CCCCn2nncc2COc2ccccc21. The predicted octanol–water partition coefficient (Wildman–Crippen LogP) is 2.00. The Morgan fingerprint density at radius 3 is 3.00 bits per heavy atom. The zero-order chi connectivity index (χ0) is 14.7. The molecule has 0 saturated carbocycles. The summed E-state index contributed by atoms with van der Waals surface area (Å²) in [4.78, 5) is 13.9. The van der Waals surface area contributed by atoms with Crippen LogP contribution in [0.3, 0.4) is 0 Å². The normalized spacial score (nSPS) is 16.2. The van der Waals surface area contributed by atoms with Crippen LogP contribution in [-0.2, 0) is 17.9 Å². The molecule has 1 aromatic carbocycles. The van der Waals surface area contributed by atoms with Crippen molar-refractivity contribution in [2.75, 3.05) is 11.9 Å². The molecule has 0 N–H and O–H groups in total. The van der Waals surface area contributed by atoms with Gasteiger partial charge in [-0.2, -0.15) is 0 Å². The van der Waals surface area contributed by atoms with Gasteiger partial charge in [-0.25, -0.2) is 4.68 Å². The van der Waals surface area contributed by atoms with Crippen molar-refractivity contribution in [3.63, 3.8) is 0 Å². The lowest BCUT2D eigenvalue weighted by molar-refractivity contribution is -0.118. The van der Waals surface area contributed by atoms with Gasteiger partial charge in [0.15, 0.2) is 0 Å². The Labute approximate surface area is 123 Å². The number of rotatable bonds is 0. The monoisotopic (exact) mass is 286 g/mol. The van der Waals surface area contributed by atoms with E-state index in [2.05, 4.69) is 10.3 Å². The fourth-order valence-corrected chi connectivity index (χ4v) is 2.43. The van der Waals surface area contributed by atoms with E-state index in [9.17, 15) is 4.79 Å². The number of amides is 1. The predicted molar refractivity (Wildman–Crippen MR) is 78.1 cm³/mol. The van der Waals surface area contributed by atoms with Crippen molar-refractivity contribution in [1.82, 2.24) is 15.0 Å². The fraction of sp³-hybridized carbons (Fsp3) is 0.400. The number of aromatic nitrogens is 3. The number of carbonyl (C=O) groups is 1. The number of ether oxygens (including phenoxy) is 1. The Morgan fingerprint density at radius 2 is 2.10 bits per heavy atom. The van der Waals surface area contributed by atoms with E-state index >= 15 is 0 Å². The lowest BCUT2D eigenvalue weighted by Gasteiger charge is -2.21. The van der Waals surface area contributed by atoms with Gasteiger partial charge in [0.2, 0.25) is 5.91 Å². The molecule has 0 bridgehead atoms. The number of aryl methyl sites for hydroxylation is 1. The topological polar surface area (TPSA) is 60.2 Å². The van der Waals surface area contributed by atoms with E-state index in [0.717, 1.165) is 30.8 Å². The highest BCUT2D eigenvalue weighted by Crippen LogP contribution is 2.28. The lowest BCUT2D eigenvalue weighted by atomic mass is 10.2. The molecule has 0 saturated heterocycles. The summed E-state index contributed by atoms with van der Waals surface area (Å²) >= 11 is 0. The minimum atomic E-state index is 0.102. The first-order valence-corrected chi connectivity index (χ1v) is 7.11. The van der Waals surface area contributed by atoms with Crippen molar-refractivity contribution >= 4 is 11.6 Å². The largest absolute Gasteiger partial charge is 0.485 e. The van der Waals surface area contributed by atoms with Crippen LogP contribution in [0.4, 0.5) is 5.69 Å². The standard InChI is InChI=1S/C15H18N4O2/c1-18-13-6-2-3-7-14(13)21-11-12-10-16-17-19(12)9-5-4-8-15(18)20/h2-3,6-7,10H,4-5,8-9,11H2,1H3. The molecule has 3 rings (SSSR count). The molecule has 0 fully saturated rings. The average Bonchev–Trinajstić information content (AvgIpc) is 2.95. The molecule has 6 heteroatoms. The highest BCUT2D eigenvalue weighted by atomic mass is 16.5. The van der Waals surface area contributed by atoms with Crippen LogP contribution in [0.5, 0.6) is 5.75 Å². The van der Waals surface area contributed by atoms with Crippen molar-refractivity contribution in [2.24, 2.45) is 0 Å². The van der Waals surface area contributed by atoms with Crippen molar-refractivity contribution in [2.45, 2.75) is 32.4 Å². The lowest BCUT2D eigenvalue weighted by Crippen LogP contribution is -2.26. The number of fused-ring (bicyclic) bond motifs is 2. The maximum atomic E-state index is 12.2. The number of hydrogen-bond donors (Lipinski definition) is 0. The van der Waals surface area contributed by atoms with Crippen LogP contribution in [0.25, 0.3) is 0 Å². The maximum Gasteiger partial charge on any atom is 0.226 e. The van der Waals surface area contributed by atoms with Crippen LogP contribution in [0.1, 0.15) is 25.0 Å².